The Morgan fingerprint density at radius 1 is 0.478 bits per heavy atom. The van der Waals surface area contributed by atoms with Crippen LogP contribution in [0.5, 0.6) is 0 Å². The molecule has 3 nitrogen and oxygen atoms in total. The van der Waals surface area contributed by atoms with Gasteiger partial charge in [0.2, 0.25) is 5.95 Å². The van der Waals surface area contributed by atoms with Crippen LogP contribution >= 0.6 is 0 Å². The molecule has 9 aromatic rings. The van der Waals surface area contributed by atoms with Crippen molar-refractivity contribution >= 4 is 54.3 Å². The first-order chi connectivity index (χ1) is 22.5. The molecule has 0 saturated heterocycles. The van der Waals surface area contributed by atoms with Crippen LogP contribution in [0.4, 0.5) is 0 Å². The van der Waals surface area contributed by atoms with Crippen LogP contribution in [0.3, 0.4) is 0 Å². The Bertz CT molecular complexity index is 2730. The number of benzene rings is 7. The molecule has 0 fully saturated rings. The molecule has 0 amide bonds. The maximum Gasteiger partial charge on any atom is 0.235 e. The molecule has 46 heavy (non-hydrogen) atoms. The SMILES string of the molecule is CC1(C)c2ccccc2-c2cc3cc(-c4nc(-n5c6ccccc6c6cc7ccccc7cc65)nc5ccccc45)ccc3cc21. The minimum absolute atomic E-state index is 0.0236. The smallest absolute Gasteiger partial charge is 0.235 e. The average Bonchev–Trinajstić information content (AvgIpc) is 3.53. The summed E-state index contributed by atoms with van der Waals surface area (Å²) in [6.07, 6.45) is 0. The van der Waals surface area contributed by atoms with Gasteiger partial charge in [-0.15, -0.1) is 0 Å². The van der Waals surface area contributed by atoms with Crippen LogP contribution in [0.15, 0.2) is 140 Å². The molecule has 216 valence electrons. The first kappa shape index (κ1) is 25.5. The molecule has 0 saturated carbocycles. The highest BCUT2D eigenvalue weighted by molar-refractivity contribution is 6.13. The molecular formula is C43H29N3. The van der Waals surface area contributed by atoms with Crippen molar-refractivity contribution in [2.45, 2.75) is 19.3 Å². The van der Waals surface area contributed by atoms with Crippen molar-refractivity contribution in [1.82, 2.24) is 14.5 Å². The van der Waals surface area contributed by atoms with E-state index in [-0.39, 0.29) is 5.41 Å². The summed E-state index contributed by atoms with van der Waals surface area (Å²) in [4.78, 5) is 10.6. The first-order valence-corrected chi connectivity index (χ1v) is 15.9. The van der Waals surface area contributed by atoms with Gasteiger partial charge in [0.25, 0.3) is 0 Å². The van der Waals surface area contributed by atoms with Crippen molar-refractivity contribution in [2.24, 2.45) is 0 Å². The molecule has 0 bridgehead atoms. The molecule has 0 unspecified atom stereocenters. The lowest BCUT2D eigenvalue weighted by atomic mass is 9.82. The Kier molecular flexibility index (Phi) is 5.06. The zero-order chi connectivity index (χ0) is 30.6. The molecule has 0 spiro atoms. The van der Waals surface area contributed by atoms with Crippen LogP contribution in [0.2, 0.25) is 0 Å². The van der Waals surface area contributed by atoms with Crippen LogP contribution in [0.25, 0.3) is 82.6 Å². The molecule has 1 aliphatic rings. The summed E-state index contributed by atoms with van der Waals surface area (Å²) in [6.45, 7) is 4.67. The van der Waals surface area contributed by atoms with E-state index in [9.17, 15) is 0 Å². The van der Waals surface area contributed by atoms with Crippen LogP contribution < -0.4 is 0 Å². The summed E-state index contributed by atoms with van der Waals surface area (Å²) < 4.78 is 2.24. The molecule has 0 radical (unpaired) electrons. The fourth-order valence-corrected chi connectivity index (χ4v) is 7.85. The summed E-state index contributed by atoms with van der Waals surface area (Å²) >= 11 is 0. The van der Waals surface area contributed by atoms with Gasteiger partial charge in [0.1, 0.15) is 0 Å². The van der Waals surface area contributed by atoms with Crippen molar-refractivity contribution in [2.75, 3.05) is 0 Å². The summed E-state index contributed by atoms with van der Waals surface area (Å²) in [5.41, 5.74) is 10.6. The third kappa shape index (κ3) is 3.48. The maximum absolute atomic E-state index is 5.38. The van der Waals surface area contributed by atoms with E-state index in [0.717, 1.165) is 33.2 Å². The lowest BCUT2D eigenvalue weighted by molar-refractivity contribution is 0.661. The van der Waals surface area contributed by atoms with E-state index in [1.54, 1.807) is 0 Å². The normalized spacial score (nSPS) is 13.6. The van der Waals surface area contributed by atoms with E-state index in [4.69, 9.17) is 9.97 Å². The summed E-state index contributed by atoms with van der Waals surface area (Å²) in [5.74, 6) is 0.680. The largest absolute Gasteiger partial charge is 0.278 e. The number of hydrogen-bond donors (Lipinski definition) is 0. The topological polar surface area (TPSA) is 30.7 Å². The van der Waals surface area contributed by atoms with Gasteiger partial charge in [-0.2, -0.15) is 0 Å². The minimum atomic E-state index is -0.0236. The van der Waals surface area contributed by atoms with Gasteiger partial charge in [0.15, 0.2) is 0 Å². The van der Waals surface area contributed by atoms with Crippen molar-refractivity contribution in [3.63, 3.8) is 0 Å². The van der Waals surface area contributed by atoms with Gasteiger partial charge in [0, 0.05) is 27.1 Å². The zero-order valence-corrected chi connectivity index (χ0v) is 25.6. The first-order valence-electron chi connectivity index (χ1n) is 15.9. The fourth-order valence-electron chi connectivity index (χ4n) is 7.85. The van der Waals surface area contributed by atoms with Crippen molar-refractivity contribution in [3.8, 4) is 28.3 Å². The Labute approximate surface area is 266 Å². The molecule has 0 aliphatic heterocycles. The van der Waals surface area contributed by atoms with Gasteiger partial charge >= 0.3 is 0 Å². The zero-order valence-electron chi connectivity index (χ0n) is 25.6. The van der Waals surface area contributed by atoms with Crippen molar-refractivity contribution in [1.29, 1.82) is 0 Å². The number of aromatic nitrogens is 3. The second-order valence-corrected chi connectivity index (χ2v) is 13.1. The highest BCUT2D eigenvalue weighted by atomic mass is 15.2. The highest BCUT2D eigenvalue weighted by Crippen LogP contribution is 2.50. The van der Waals surface area contributed by atoms with Gasteiger partial charge in [-0.05, 0) is 86.3 Å². The number of rotatable bonds is 2. The van der Waals surface area contributed by atoms with E-state index in [2.05, 4.69) is 158 Å². The predicted molar refractivity (Wildman–Crippen MR) is 192 cm³/mol. The highest BCUT2D eigenvalue weighted by Gasteiger charge is 2.35. The molecule has 2 aromatic heterocycles. The van der Waals surface area contributed by atoms with E-state index in [0.29, 0.717) is 5.95 Å². The van der Waals surface area contributed by atoms with E-state index < -0.39 is 0 Å². The maximum atomic E-state index is 5.38. The fraction of sp³-hybridized carbons (Fsp3) is 0.0698. The third-order valence-electron chi connectivity index (χ3n) is 10.1. The van der Waals surface area contributed by atoms with Gasteiger partial charge in [0.05, 0.1) is 22.2 Å². The lowest BCUT2D eigenvalue weighted by Gasteiger charge is -2.21. The Morgan fingerprint density at radius 2 is 1.20 bits per heavy atom. The lowest BCUT2D eigenvalue weighted by Crippen LogP contribution is -2.14. The molecule has 0 atom stereocenters. The quantitative estimate of drug-likeness (QED) is 0.201. The van der Waals surface area contributed by atoms with Gasteiger partial charge < -0.3 is 0 Å². The molecule has 3 heteroatoms. The second-order valence-electron chi connectivity index (χ2n) is 13.1. The number of nitrogens with zero attached hydrogens (tertiary/aromatic N) is 3. The molecule has 1 aliphatic carbocycles. The summed E-state index contributed by atoms with van der Waals surface area (Å²) in [7, 11) is 0. The van der Waals surface area contributed by atoms with Crippen LogP contribution in [-0.4, -0.2) is 14.5 Å². The van der Waals surface area contributed by atoms with Crippen molar-refractivity contribution in [3.05, 3.63) is 151 Å². The summed E-state index contributed by atoms with van der Waals surface area (Å²) in [5, 5.41) is 8.34. The van der Waals surface area contributed by atoms with Crippen LogP contribution in [-0.2, 0) is 5.41 Å². The monoisotopic (exact) mass is 587 g/mol. The Balaban J connectivity index is 1.23. The molecular weight excluding hydrogens is 558 g/mol. The molecule has 7 aromatic carbocycles. The van der Waals surface area contributed by atoms with Gasteiger partial charge in [-0.1, -0.05) is 111 Å². The van der Waals surface area contributed by atoms with E-state index in [1.165, 1.54) is 54.6 Å². The molecule has 2 heterocycles. The summed E-state index contributed by atoms with van der Waals surface area (Å²) in [6, 6.07) is 50.5. The van der Waals surface area contributed by atoms with Crippen LogP contribution in [0.1, 0.15) is 25.0 Å². The van der Waals surface area contributed by atoms with Gasteiger partial charge in [-0.25, -0.2) is 9.97 Å². The standard InChI is InChI=1S/C43H29N3/c1-43(2)36-16-8-5-13-31(36)34-23-30-21-29(20-19-28(30)24-37(34)43)41-33-15-6-9-17-38(33)44-42(45-41)46-39-18-10-7-14-32(39)35-22-26-11-3-4-12-27(26)25-40(35)46/h3-25H,1-2H3. The molecule has 10 rings (SSSR count). The Morgan fingerprint density at radius 3 is 2.09 bits per heavy atom. The average molecular weight is 588 g/mol. The molecule has 0 N–H and O–H groups in total. The number of fused-ring (bicyclic) bond motifs is 9. The predicted octanol–water partition coefficient (Wildman–Crippen LogP) is 11.0. The van der Waals surface area contributed by atoms with E-state index >= 15 is 0 Å². The van der Waals surface area contributed by atoms with Crippen LogP contribution in [0, 0.1) is 0 Å². The third-order valence-corrected chi connectivity index (χ3v) is 10.1. The van der Waals surface area contributed by atoms with Gasteiger partial charge in [-0.3, -0.25) is 4.57 Å². The van der Waals surface area contributed by atoms with E-state index in [1.807, 2.05) is 0 Å². The number of para-hydroxylation sites is 2. The minimum Gasteiger partial charge on any atom is -0.278 e. The van der Waals surface area contributed by atoms with Crippen molar-refractivity contribution < 1.29 is 0 Å². The number of hydrogen-bond acceptors (Lipinski definition) is 2. The Hall–Kier alpha value is -5.80. The second kappa shape index (κ2) is 9.12.